The van der Waals surface area contributed by atoms with Crippen LogP contribution in [0, 0.1) is 0 Å². The fourth-order valence-electron chi connectivity index (χ4n) is 3.03. The molecule has 2 aromatic heterocycles. The zero-order valence-electron chi connectivity index (χ0n) is 13.4. The lowest BCUT2D eigenvalue weighted by molar-refractivity contribution is 0.0693. The van der Waals surface area contributed by atoms with Gasteiger partial charge in [0.2, 0.25) is 0 Å². The first kappa shape index (κ1) is 15.7. The predicted octanol–water partition coefficient (Wildman–Crippen LogP) is 3.23. The molecule has 1 aliphatic rings. The number of aromatic carboxylic acids is 1. The molecule has 0 unspecified atom stereocenters. The maximum Gasteiger partial charge on any atom is 0.337 e. The number of carboxylic acid groups (broad SMARTS) is 1. The molecule has 1 fully saturated rings. The van der Waals surface area contributed by atoms with Crippen LogP contribution < -0.4 is 0 Å². The summed E-state index contributed by atoms with van der Waals surface area (Å²) in [5, 5.41) is 13.5. The normalized spacial score (nSPS) is 18.7. The standard InChI is InChI=1S/C17H21N3O3/c1-11(2)16-9-13(19-23-16)15-6-4-8-20(15)10-14-12(17(21)22)5-3-7-18-14/h3,5,7,9,11,15H,4,6,8,10H2,1-2H3,(H,21,22)/t15-/m1/s1. The summed E-state index contributed by atoms with van der Waals surface area (Å²) < 4.78 is 5.41. The molecule has 3 heterocycles. The topological polar surface area (TPSA) is 79.5 Å². The third-order valence-electron chi connectivity index (χ3n) is 4.29. The predicted molar refractivity (Wildman–Crippen MR) is 84.2 cm³/mol. The molecule has 2 aromatic rings. The minimum Gasteiger partial charge on any atom is -0.478 e. The monoisotopic (exact) mass is 315 g/mol. The van der Waals surface area contributed by atoms with E-state index in [1.54, 1.807) is 18.3 Å². The molecule has 0 spiro atoms. The summed E-state index contributed by atoms with van der Waals surface area (Å²) in [5.41, 5.74) is 1.79. The highest BCUT2D eigenvalue weighted by Crippen LogP contribution is 2.33. The molecule has 1 atom stereocenters. The Morgan fingerprint density at radius 2 is 2.35 bits per heavy atom. The molecule has 122 valence electrons. The Hall–Kier alpha value is -2.21. The summed E-state index contributed by atoms with van der Waals surface area (Å²) in [4.78, 5) is 17.8. The molecule has 1 N–H and O–H groups in total. The maximum atomic E-state index is 11.3. The first-order valence-electron chi connectivity index (χ1n) is 7.94. The van der Waals surface area contributed by atoms with Crippen molar-refractivity contribution >= 4 is 5.97 Å². The average molecular weight is 315 g/mol. The van der Waals surface area contributed by atoms with Gasteiger partial charge in [-0.2, -0.15) is 0 Å². The second-order valence-electron chi connectivity index (χ2n) is 6.24. The van der Waals surface area contributed by atoms with Gasteiger partial charge in [-0.15, -0.1) is 0 Å². The number of aromatic nitrogens is 2. The van der Waals surface area contributed by atoms with Gasteiger partial charge in [0.25, 0.3) is 0 Å². The van der Waals surface area contributed by atoms with Gasteiger partial charge in [-0.25, -0.2) is 4.79 Å². The van der Waals surface area contributed by atoms with Crippen LogP contribution in [-0.4, -0.2) is 32.7 Å². The van der Waals surface area contributed by atoms with Crippen molar-refractivity contribution in [2.45, 2.75) is 45.2 Å². The molecule has 1 saturated heterocycles. The number of nitrogens with zero attached hydrogens (tertiary/aromatic N) is 3. The number of carboxylic acids is 1. The van der Waals surface area contributed by atoms with Crippen molar-refractivity contribution in [3.05, 3.63) is 47.1 Å². The lowest BCUT2D eigenvalue weighted by Crippen LogP contribution is -2.24. The van der Waals surface area contributed by atoms with Crippen LogP contribution in [0.1, 0.15) is 66.2 Å². The maximum absolute atomic E-state index is 11.3. The van der Waals surface area contributed by atoms with Crippen LogP contribution in [0.2, 0.25) is 0 Å². The van der Waals surface area contributed by atoms with Crippen molar-refractivity contribution in [2.24, 2.45) is 0 Å². The smallest absolute Gasteiger partial charge is 0.337 e. The SMILES string of the molecule is CC(C)c1cc([C@H]2CCCN2Cc2ncccc2C(=O)O)no1. The Morgan fingerprint density at radius 3 is 3.04 bits per heavy atom. The molecule has 1 aliphatic heterocycles. The highest BCUT2D eigenvalue weighted by Gasteiger charge is 2.30. The third-order valence-corrected chi connectivity index (χ3v) is 4.29. The van der Waals surface area contributed by atoms with Crippen molar-refractivity contribution in [3.63, 3.8) is 0 Å². The zero-order valence-corrected chi connectivity index (χ0v) is 13.4. The molecule has 0 saturated carbocycles. The molecule has 3 rings (SSSR count). The molecule has 23 heavy (non-hydrogen) atoms. The third kappa shape index (κ3) is 3.27. The molecule has 6 heteroatoms. The minimum absolute atomic E-state index is 0.162. The number of carbonyl (C=O) groups is 1. The van der Waals surface area contributed by atoms with Gasteiger partial charge in [-0.05, 0) is 31.5 Å². The number of hydrogen-bond acceptors (Lipinski definition) is 5. The highest BCUT2D eigenvalue weighted by atomic mass is 16.5. The largest absolute Gasteiger partial charge is 0.478 e. The Balaban J connectivity index is 1.81. The number of rotatable bonds is 5. The lowest BCUT2D eigenvalue weighted by atomic mass is 10.1. The van der Waals surface area contributed by atoms with E-state index in [1.165, 1.54) is 0 Å². The summed E-state index contributed by atoms with van der Waals surface area (Å²) >= 11 is 0. The molecule has 0 amide bonds. The Bertz CT molecular complexity index is 696. The van der Waals surface area contributed by atoms with E-state index in [2.05, 4.69) is 28.9 Å². The number of pyridine rings is 1. The van der Waals surface area contributed by atoms with Gasteiger partial charge in [0.1, 0.15) is 11.5 Å². The molecule has 0 radical (unpaired) electrons. The summed E-state index contributed by atoms with van der Waals surface area (Å²) in [6.45, 7) is 5.56. The van der Waals surface area contributed by atoms with Crippen molar-refractivity contribution < 1.29 is 14.4 Å². The van der Waals surface area contributed by atoms with Gasteiger partial charge in [0.05, 0.1) is 17.3 Å². The van der Waals surface area contributed by atoms with Crippen LogP contribution in [0.15, 0.2) is 28.9 Å². The van der Waals surface area contributed by atoms with Gasteiger partial charge >= 0.3 is 5.97 Å². The van der Waals surface area contributed by atoms with E-state index in [9.17, 15) is 9.90 Å². The molecular weight excluding hydrogens is 294 g/mol. The van der Waals surface area contributed by atoms with Gasteiger partial charge in [-0.1, -0.05) is 19.0 Å². The zero-order chi connectivity index (χ0) is 16.4. The quantitative estimate of drug-likeness (QED) is 0.912. The van der Waals surface area contributed by atoms with Crippen LogP contribution >= 0.6 is 0 Å². The van der Waals surface area contributed by atoms with Crippen LogP contribution in [0.3, 0.4) is 0 Å². The van der Waals surface area contributed by atoms with Crippen molar-refractivity contribution in [2.75, 3.05) is 6.54 Å². The van der Waals surface area contributed by atoms with Crippen LogP contribution in [0.25, 0.3) is 0 Å². The molecule has 0 aromatic carbocycles. The van der Waals surface area contributed by atoms with Crippen molar-refractivity contribution in [3.8, 4) is 0 Å². The Morgan fingerprint density at radius 1 is 1.52 bits per heavy atom. The Labute approximate surface area is 135 Å². The van der Waals surface area contributed by atoms with Gasteiger partial charge in [-0.3, -0.25) is 9.88 Å². The summed E-state index contributed by atoms with van der Waals surface area (Å²) in [6, 6.07) is 5.43. The second kappa shape index (κ2) is 6.50. The second-order valence-corrected chi connectivity index (χ2v) is 6.24. The molecule has 6 nitrogen and oxygen atoms in total. The lowest BCUT2D eigenvalue weighted by Gasteiger charge is -2.22. The van der Waals surface area contributed by atoms with E-state index in [4.69, 9.17) is 4.52 Å². The van der Waals surface area contributed by atoms with E-state index in [1.807, 2.05) is 6.07 Å². The van der Waals surface area contributed by atoms with Crippen LogP contribution in [0.5, 0.6) is 0 Å². The molecule has 0 aliphatic carbocycles. The van der Waals surface area contributed by atoms with Gasteiger partial charge < -0.3 is 9.63 Å². The van der Waals surface area contributed by atoms with E-state index in [0.717, 1.165) is 30.8 Å². The highest BCUT2D eigenvalue weighted by molar-refractivity contribution is 5.88. The van der Waals surface area contributed by atoms with Gasteiger partial charge in [0.15, 0.2) is 0 Å². The van der Waals surface area contributed by atoms with Crippen molar-refractivity contribution in [1.29, 1.82) is 0 Å². The minimum atomic E-state index is -0.938. The van der Waals surface area contributed by atoms with Crippen molar-refractivity contribution in [1.82, 2.24) is 15.0 Å². The average Bonchev–Trinajstić information content (AvgIpc) is 3.16. The van der Waals surface area contributed by atoms with Crippen LogP contribution in [-0.2, 0) is 6.54 Å². The van der Waals surface area contributed by atoms with E-state index in [-0.39, 0.29) is 11.6 Å². The summed E-state index contributed by atoms with van der Waals surface area (Å²) in [5.74, 6) is 0.254. The number of likely N-dealkylation sites (tertiary alicyclic amines) is 1. The van der Waals surface area contributed by atoms with Crippen LogP contribution in [0.4, 0.5) is 0 Å². The fourth-order valence-corrected chi connectivity index (χ4v) is 3.03. The Kier molecular flexibility index (Phi) is 4.43. The number of hydrogen-bond donors (Lipinski definition) is 1. The first-order valence-corrected chi connectivity index (χ1v) is 7.94. The first-order chi connectivity index (χ1) is 11.1. The fraction of sp³-hybridized carbons (Fsp3) is 0.471. The summed E-state index contributed by atoms with van der Waals surface area (Å²) in [6.07, 6.45) is 3.70. The summed E-state index contributed by atoms with van der Waals surface area (Å²) in [7, 11) is 0. The van der Waals surface area contributed by atoms with E-state index in [0.29, 0.717) is 18.2 Å². The van der Waals surface area contributed by atoms with E-state index >= 15 is 0 Å². The van der Waals surface area contributed by atoms with Gasteiger partial charge in [0, 0.05) is 24.7 Å². The van der Waals surface area contributed by atoms with E-state index < -0.39 is 5.97 Å². The molecular formula is C17H21N3O3. The molecule has 0 bridgehead atoms.